The van der Waals surface area contributed by atoms with Crippen LogP contribution in [0.1, 0.15) is 39.7 Å². The largest absolute Gasteiger partial charge is 0.391 e. The monoisotopic (exact) mass is 233 g/mol. The molecule has 0 saturated carbocycles. The quantitative estimate of drug-likeness (QED) is 0.867. The minimum Gasteiger partial charge on any atom is -0.391 e. The van der Waals surface area contributed by atoms with Crippen molar-refractivity contribution >= 4 is 5.69 Å². The Kier molecular flexibility index (Phi) is 3.17. The number of aliphatic hydroxyl groups excluding tert-OH is 1. The van der Waals surface area contributed by atoms with Crippen molar-refractivity contribution in [1.29, 1.82) is 0 Å². The van der Waals surface area contributed by atoms with E-state index in [4.69, 9.17) is 0 Å². The molecule has 17 heavy (non-hydrogen) atoms. The van der Waals surface area contributed by atoms with Crippen molar-refractivity contribution < 1.29 is 5.11 Å². The Labute approximate surface area is 104 Å². The molecule has 0 spiro atoms. The molecule has 1 aromatic carbocycles. The van der Waals surface area contributed by atoms with Gasteiger partial charge in [-0.1, -0.05) is 25.1 Å². The van der Waals surface area contributed by atoms with Crippen molar-refractivity contribution in [3.63, 3.8) is 0 Å². The second-order valence-electron chi connectivity index (χ2n) is 5.44. The van der Waals surface area contributed by atoms with E-state index in [0.717, 1.165) is 12.8 Å². The highest BCUT2D eigenvalue weighted by atomic mass is 16.3. The number of hydrogen-bond donors (Lipinski definition) is 1. The van der Waals surface area contributed by atoms with E-state index in [2.05, 4.69) is 49.9 Å². The summed E-state index contributed by atoms with van der Waals surface area (Å²) in [5.41, 5.74) is 2.53. The number of aliphatic hydroxyl groups is 1. The summed E-state index contributed by atoms with van der Waals surface area (Å²) in [7, 11) is 0. The summed E-state index contributed by atoms with van der Waals surface area (Å²) in [5, 5.41) is 10.1. The van der Waals surface area contributed by atoms with Gasteiger partial charge in [-0.15, -0.1) is 0 Å². The van der Waals surface area contributed by atoms with Crippen LogP contribution in [-0.2, 0) is 6.42 Å². The molecular formula is C15H23NO. The Morgan fingerprint density at radius 2 is 2.12 bits per heavy atom. The smallest absolute Gasteiger partial charge is 0.0741 e. The van der Waals surface area contributed by atoms with Gasteiger partial charge in [0.25, 0.3) is 0 Å². The molecule has 0 aliphatic carbocycles. The topological polar surface area (TPSA) is 23.5 Å². The van der Waals surface area contributed by atoms with Gasteiger partial charge in [-0.3, -0.25) is 0 Å². The highest BCUT2D eigenvalue weighted by Crippen LogP contribution is 2.40. The maximum atomic E-state index is 10.1. The van der Waals surface area contributed by atoms with Gasteiger partial charge in [-0.25, -0.2) is 0 Å². The number of para-hydroxylation sites is 1. The third-order valence-corrected chi connectivity index (χ3v) is 4.37. The first-order valence-corrected chi connectivity index (χ1v) is 6.56. The Morgan fingerprint density at radius 1 is 1.47 bits per heavy atom. The SMILES string of the molecule is CCC(C)(C(C)O)N1c2ccccc2CC1C. The molecule has 1 aromatic rings. The lowest BCUT2D eigenvalue weighted by atomic mass is 9.89. The summed E-state index contributed by atoms with van der Waals surface area (Å²) >= 11 is 0. The predicted molar refractivity (Wildman–Crippen MR) is 72.5 cm³/mol. The van der Waals surface area contributed by atoms with Gasteiger partial charge < -0.3 is 10.0 Å². The number of fused-ring (bicyclic) bond motifs is 1. The lowest BCUT2D eigenvalue weighted by Gasteiger charge is -2.45. The van der Waals surface area contributed by atoms with Gasteiger partial charge in [0.2, 0.25) is 0 Å². The van der Waals surface area contributed by atoms with E-state index in [0.29, 0.717) is 6.04 Å². The molecule has 2 rings (SSSR count). The second kappa shape index (κ2) is 4.34. The van der Waals surface area contributed by atoms with E-state index in [1.165, 1.54) is 11.3 Å². The molecule has 0 radical (unpaired) electrons. The molecule has 0 amide bonds. The fraction of sp³-hybridized carbons (Fsp3) is 0.600. The molecule has 0 bridgehead atoms. The summed E-state index contributed by atoms with van der Waals surface area (Å²) in [6.45, 7) is 8.46. The van der Waals surface area contributed by atoms with Crippen LogP contribution in [0.2, 0.25) is 0 Å². The molecular weight excluding hydrogens is 210 g/mol. The van der Waals surface area contributed by atoms with Crippen molar-refractivity contribution in [1.82, 2.24) is 0 Å². The van der Waals surface area contributed by atoms with Crippen molar-refractivity contribution in [2.45, 2.75) is 58.2 Å². The summed E-state index contributed by atoms with van der Waals surface area (Å²) in [4.78, 5) is 2.41. The first kappa shape index (κ1) is 12.4. The van der Waals surface area contributed by atoms with Crippen LogP contribution >= 0.6 is 0 Å². The molecule has 0 fully saturated rings. The third kappa shape index (κ3) is 1.85. The van der Waals surface area contributed by atoms with E-state index in [1.807, 2.05) is 6.92 Å². The molecule has 2 nitrogen and oxygen atoms in total. The Hall–Kier alpha value is -1.02. The fourth-order valence-electron chi connectivity index (χ4n) is 3.01. The van der Waals surface area contributed by atoms with Crippen molar-refractivity contribution in [3.05, 3.63) is 29.8 Å². The molecule has 3 unspecified atom stereocenters. The second-order valence-corrected chi connectivity index (χ2v) is 5.44. The molecule has 1 aliphatic heterocycles. The minimum absolute atomic E-state index is 0.175. The summed E-state index contributed by atoms with van der Waals surface area (Å²) in [6, 6.07) is 9.02. The number of benzene rings is 1. The first-order valence-electron chi connectivity index (χ1n) is 6.56. The number of rotatable bonds is 3. The summed E-state index contributed by atoms with van der Waals surface area (Å²) in [6.07, 6.45) is 1.70. The van der Waals surface area contributed by atoms with Crippen LogP contribution in [0.4, 0.5) is 5.69 Å². The van der Waals surface area contributed by atoms with Crippen LogP contribution in [0.3, 0.4) is 0 Å². The molecule has 1 aliphatic rings. The highest BCUT2D eigenvalue weighted by molar-refractivity contribution is 5.61. The zero-order valence-corrected chi connectivity index (χ0v) is 11.3. The van der Waals surface area contributed by atoms with E-state index in [1.54, 1.807) is 0 Å². The van der Waals surface area contributed by atoms with Gasteiger partial charge >= 0.3 is 0 Å². The van der Waals surface area contributed by atoms with Crippen LogP contribution in [0, 0.1) is 0 Å². The van der Waals surface area contributed by atoms with Gasteiger partial charge in [0.15, 0.2) is 0 Å². The number of hydrogen-bond acceptors (Lipinski definition) is 2. The average Bonchev–Trinajstić information content (AvgIpc) is 2.64. The van der Waals surface area contributed by atoms with E-state index in [-0.39, 0.29) is 11.6 Å². The lowest BCUT2D eigenvalue weighted by molar-refractivity contribution is 0.0983. The zero-order chi connectivity index (χ0) is 12.6. The van der Waals surface area contributed by atoms with E-state index in [9.17, 15) is 5.11 Å². The molecule has 1 N–H and O–H groups in total. The fourth-order valence-corrected chi connectivity index (χ4v) is 3.01. The van der Waals surface area contributed by atoms with E-state index < -0.39 is 0 Å². The first-order chi connectivity index (χ1) is 8.00. The molecule has 2 heteroatoms. The summed E-state index contributed by atoms with van der Waals surface area (Å²) in [5.74, 6) is 0. The van der Waals surface area contributed by atoms with Crippen LogP contribution in [0.5, 0.6) is 0 Å². The minimum atomic E-state index is -0.332. The maximum absolute atomic E-state index is 10.1. The molecule has 3 atom stereocenters. The predicted octanol–water partition coefficient (Wildman–Crippen LogP) is 2.99. The average molecular weight is 233 g/mol. The molecule has 0 aromatic heterocycles. The maximum Gasteiger partial charge on any atom is 0.0741 e. The van der Waals surface area contributed by atoms with Crippen molar-refractivity contribution in [2.24, 2.45) is 0 Å². The highest BCUT2D eigenvalue weighted by Gasteiger charge is 2.41. The van der Waals surface area contributed by atoms with Crippen LogP contribution < -0.4 is 4.90 Å². The lowest BCUT2D eigenvalue weighted by Crippen LogP contribution is -2.55. The zero-order valence-electron chi connectivity index (χ0n) is 11.3. The van der Waals surface area contributed by atoms with Gasteiger partial charge in [0, 0.05) is 11.7 Å². The van der Waals surface area contributed by atoms with Gasteiger partial charge in [0.1, 0.15) is 0 Å². The third-order valence-electron chi connectivity index (χ3n) is 4.37. The Bertz CT molecular complexity index is 402. The normalized spacial score (nSPS) is 24.3. The van der Waals surface area contributed by atoms with Gasteiger partial charge in [-0.05, 0) is 45.2 Å². The van der Waals surface area contributed by atoms with Gasteiger partial charge in [0.05, 0.1) is 11.6 Å². The molecule has 94 valence electrons. The number of nitrogens with zero attached hydrogens (tertiary/aromatic N) is 1. The molecule has 1 heterocycles. The summed E-state index contributed by atoms with van der Waals surface area (Å²) < 4.78 is 0. The van der Waals surface area contributed by atoms with Crippen molar-refractivity contribution in [3.8, 4) is 0 Å². The Morgan fingerprint density at radius 3 is 2.71 bits per heavy atom. The van der Waals surface area contributed by atoms with Crippen LogP contribution in [0.25, 0.3) is 0 Å². The van der Waals surface area contributed by atoms with Gasteiger partial charge in [-0.2, -0.15) is 0 Å². The van der Waals surface area contributed by atoms with Crippen LogP contribution in [0.15, 0.2) is 24.3 Å². The standard InChI is InChI=1S/C15H23NO/c1-5-15(4,12(3)17)16-11(2)10-13-8-6-7-9-14(13)16/h6-9,11-12,17H,5,10H2,1-4H3. The van der Waals surface area contributed by atoms with Crippen molar-refractivity contribution in [2.75, 3.05) is 4.90 Å². The Balaban J connectivity index is 2.45. The molecule has 0 saturated heterocycles. The van der Waals surface area contributed by atoms with Crippen LogP contribution in [-0.4, -0.2) is 22.8 Å². The number of anilines is 1. The van der Waals surface area contributed by atoms with E-state index >= 15 is 0 Å².